The van der Waals surface area contributed by atoms with Crippen LogP contribution in [0.2, 0.25) is 0 Å². The van der Waals surface area contributed by atoms with E-state index in [0.29, 0.717) is 6.54 Å². The fourth-order valence-electron chi connectivity index (χ4n) is 1.21. The number of β-amino-alcohol motifs (C(OH)–C–C–N with tert-alkyl or cyclic N) is 1. The van der Waals surface area contributed by atoms with Crippen molar-refractivity contribution in [1.29, 1.82) is 0 Å². The predicted molar refractivity (Wildman–Crippen MR) is 38.5 cm³/mol. The maximum atomic E-state index is 9.08. The lowest BCUT2D eigenvalue weighted by Crippen LogP contribution is -2.24. The molecule has 1 aliphatic rings. The molecule has 0 aromatic rings. The van der Waals surface area contributed by atoms with Gasteiger partial charge in [-0.05, 0) is 6.42 Å². The van der Waals surface area contributed by atoms with E-state index in [1.807, 2.05) is 0 Å². The molecule has 1 saturated heterocycles. The Hall–Kier alpha value is -0.590. The molecule has 0 bridgehead atoms. The molecule has 0 amide bonds. The van der Waals surface area contributed by atoms with E-state index in [9.17, 15) is 0 Å². The van der Waals surface area contributed by atoms with E-state index in [2.05, 4.69) is 9.74 Å². The zero-order chi connectivity index (χ0) is 7.40. The second kappa shape index (κ2) is 3.55. The van der Waals surface area contributed by atoms with Crippen LogP contribution in [0.5, 0.6) is 0 Å². The first kappa shape index (κ1) is 7.52. The molecule has 3 nitrogen and oxygen atoms in total. The van der Waals surface area contributed by atoms with Gasteiger partial charge < -0.3 is 9.95 Å². The van der Waals surface area contributed by atoms with Crippen LogP contribution in [0.15, 0.2) is 0 Å². The van der Waals surface area contributed by atoms with E-state index in [4.69, 9.17) is 11.7 Å². The fourth-order valence-corrected chi connectivity index (χ4v) is 1.21. The quantitative estimate of drug-likeness (QED) is 0.545. The minimum atomic E-state index is -0.147. The largest absolute Gasteiger partial charge is 0.392 e. The third-order valence-corrected chi connectivity index (χ3v) is 1.78. The highest BCUT2D eigenvalue weighted by Gasteiger charge is 2.19. The van der Waals surface area contributed by atoms with Crippen LogP contribution < -0.4 is 0 Å². The van der Waals surface area contributed by atoms with E-state index in [1.54, 1.807) is 0 Å². The number of aliphatic hydroxyl groups excluding tert-OH is 1. The number of likely N-dealkylation sites (tertiary alicyclic amines) is 1. The fraction of sp³-hybridized carbons (Fsp3) is 0.857. The zero-order valence-electron chi connectivity index (χ0n) is 5.95. The smallest absolute Gasteiger partial charge is 0.227 e. The summed E-state index contributed by atoms with van der Waals surface area (Å²) in [4.78, 5) is 5.38. The highest BCUT2D eigenvalue weighted by Crippen LogP contribution is 2.07. The number of aliphatic hydroxyl groups is 1. The molecule has 0 saturated carbocycles. The maximum Gasteiger partial charge on any atom is 0.227 e. The third-order valence-electron chi connectivity index (χ3n) is 1.78. The van der Waals surface area contributed by atoms with Crippen molar-refractivity contribution in [2.24, 2.45) is 0 Å². The average Bonchev–Trinajstić information content (AvgIpc) is 2.31. The van der Waals surface area contributed by atoms with Crippen LogP contribution in [0.1, 0.15) is 6.42 Å². The highest BCUT2D eigenvalue weighted by atomic mass is 16.3. The summed E-state index contributed by atoms with van der Waals surface area (Å²) in [6, 6.07) is 0. The Bertz CT molecular complexity index is 141. The summed E-state index contributed by atoms with van der Waals surface area (Å²) in [5, 5.41) is 9.08. The van der Waals surface area contributed by atoms with Crippen molar-refractivity contribution in [3.05, 3.63) is 11.4 Å². The van der Waals surface area contributed by atoms with Gasteiger partial charge in [-0.1, -0.05) is 0 Å². The van der Waals surface area contributed by atoms with Gasteiger partial charge in [0.2, 0.25) is 6.54 Å². The second-order valence-corrected chi connectivity index (χ2v) is 2.62. The molecule has 0 spiro atoms. The first-order valence-corrected chi connectivity index (χ1v) is 3.56. The number of hydrogen-bond acceptors (Lipinski definition) is 2. The van der Waals surface area contributed by atoms with Crippen molar-refractivity contribution < 1.29 is 5.11 Å². The molecule has 1 N–H and O–H groups in total. The lowest BCUT2D eigenvalue weighted by atomic mass is 10.3. The Labute approximate surface area is 61.1 Å². The van der Waals surface area contributed by atoms with Crippen LogP contribution in [0.4, 0.5) is 0 Å². The van der Waals surface area contributed by atoms with Crippen LogP contribution in [0, 0.1) is 6.57 Å². The number of nitrogens with zero attached hydrogens (tertiary/aromatic N) is 2. The van der Waals surface area contributed by atoms with Gasteiger partial charge in [-0.15, -0.1) is 0 Å². The molecule has 0 aromatic carbocycles. The minimum Gasteiger partial charge on any atom is -0.392 e. The van der Waals surface area contributed by atoms with Crippen molar-refractivity contribution in [3.63, 3.8) is 0 Å². The summed E-state index contributed by atoms with van der Waals surface area (Å²) in [7, 11) is 0. The van der Waals surface area contributed by atoms with Crippen LogP contribution >= 0.6 is 0 Å². The first-order valence-electron chi connectivity index (χ1n) is 3.56. The van der Waals surface area contributed by atoms with Crippen molar-refractivity contribution in [2.75, 3.05) is 26.2 Å². The Morgan fingerprint density at radius 3 is 3.00 bits per heavy atom. The van der Waals surface area contributed by atoms with Gasteiger partial charge in [0.25, 0.3) is 0 Å². The van der Waals surface area contributed by atoms with E-state index < -0.39 is 0 Å². The van der Waals surface area contributed by atoms with Crippen molar-refractivity contribution >= 4 is 0 Å². The summed E-state index contributed by atoms with van der Waals surface area (Å²) in [6.45, 7) is 9.65. The second-order valence-electron chi connectivity index (χ2n) is 2.62. The molecule has 3 heteroatoms. The van der Waals surface area contributed by atoms with Crippen LogP contribution in [-0.2, 0) is 0 Å². The third kappa shape index (κ3) is 1.98. The summed E-state index contributed by atoms with van der Waals surface area (Å²) < 4.78 is 0. The van der Waals surface area contributed by atoms with Crippen molar-refractivity contribution in [3.8, 4) is 0 Å². The van der Waals surface area contributed by atoms with Crippen molar-refractivity contribution in [2.45, 2.75) is 12.5 Å². The van der Waals surface area contributed by atoms with Gasteiger partial charge in [-0.25, -0.2) is 6.57 Å². The number of hydrogen-bond donors (Lipinski definition) is 1. The molecule has 0 aromatic heterocycles. The SMILES string of the molecule is [C-]#[N+]CCN1CC[C@H](O)C1. The standard InChI is InChI=1S/C7H12N2O/c1-8-3-5-9-4-2-7(10)6-9/h7,10H,2-6H2/t7-/m0/s1. The Balaban J connectivity index is 2.14. The van der Waals surface area contributed by atoms with Crippen molar-refractivity contribution in [1.82, 2.24) is 4.90 Å². The van der Waals surface area contributed by atoms with Crippen LogP contribution in [0.3, 0.4) is 0 Å². The molecular weight excluding hydrogens is 128 g/mol. The van der Waals surface area contributed by atoms with Gasteiger partial charge >= 0.3 is 0 Å². The van der Waals surface area contributed by atoms with E-state index in [0.717, 1.165) is 26.1 Å². The van der Waals surface area contributed by atoms with E-state index in [-0.39, 0.29) is 6.10 Å². The number of rotatable bonds is 2. The first-order chi connectivity index (χ1) is 4.83. The molecule has 56 valence electrons. The van der Waals surface area contributed by atoms with Crippen LogP contribution in [-0.4, -0.2) is 42.3 Å². The molecule has 0 aliphatic carbocycles. The van der Waals surface area contributed by atoms with Gasteiger partial charge in [0, 0.05) is 13.1 Å². The highest BCUT2D eigenvalue weighted by molar-refractivity contribution is 4.76. The molecule has 1 fully saturated rings. The molecule has 1 atom stereocenters. The Kier molecular flexibility index (Phi) is 2.67. The van der Waals surface area contributed by atoms with Gasteiger partial charge in [0.1, 0.15) is 0 Å². The summed E-state index contributed by atoms with van der Waals surface area (Å²) in [5.74, 6) is 0. The Morgan fingerprint density at radius 2 is 2.50 bits per heavy atom. The summed E-state index contributed by atoms with van der Waals surface area (Å²) in [5.41, 5.74) is 0. The lowest BCUT2D eigenvalue weighted by molar-refractivity contribution is 0.178. The topological polar surface area (TPSA) is 27.8 Å². The molecule has 0 unspecified atom stereocenters. The monoisotopic (exact) mass is 140 g/mol. The predicted octanol–water partition coefficient (Wildman–Crippen LogP) is -0.0277. The molecule has 1 heterocycles. The molecule has 1 rings (SSSR count). The van der Waals surface area contributed by atoms with Gasteiger partial charge in [-0.2, -0.15) is 0 Å². The molecular formula is C7H12N2O. The zero-order valence-corrected chi connectivity index (χ0v) is 5.95. The van der Waals surface area contributed by atoms with E-state index in [1.165, 1.54) is 0 Å². The maximum absolute atomic E-state index is 9.08. The van der Waals surface area contributed by atoms with Gasteiger partial charge in [-0.3, -0.25) is 4.90 Å². The van der Waals surface area contributed by atoms with Gasteiger partial charge in [0.05, 0.1) is 12.6 Å². The molecule has 10 heavy (non-hydrogen) atoms. The molecule has 0 radical (unpaired) electrons. The summed E-state index contributed by atoms with van der Waals surface area (Å²) in [6.07, 6.45) is 0.726. The Morgan fingerprint density at radius 1 is 1.70 bits per heavy atom. The van der Waals surface area contributed by atoms with Gasteiger partial charge in [0.15, 0.2) is 0 Å². The average molecular weight is 140 g/mol. The van der Waals surface area contributed by atoms with E-state index >= 15 is 0 Å². The lowest BCUT2D eigenvalue weighted by Gasteiger charge is -2.09. The minimum absolute atomic E-state index is 0.147. The normalized spacial score (nSPS) is 26.6. The molecule has 1 aliphatic heterocycles. The summed E-state index contributed by atoms with van der Waals surface area (Å²) >= 11 is 0. The van der Waals surface area contributed by atoms with Crippen LogP contribution in [0.25, 0.3) is 4.85 Å².